The van der Waals surface area contributed by atoms with Gasteiger partial charge < -0.3 is 9.47 Å². The van der Waals surface area contributed by atoms with Crippen molar-refractivity contribution < 1.29 is 18.7 Å². The predicted octanol–water partition coefficient (Wildman–Crippen LogP) is 2.41. The minimum atomic E-state index is -0.654. The van der Waals surface area contributed by atoms with E-state index in [-0.39, 0.29) is 12.2 Å². The summed E-state index contributed by atoms with van der Waals surface area (Å²) in [5.41, 5.74) is -0.0435. The van der Waals surface area contributed by atoms with Gasteiger partial charge in [0.2, 0.25) is 0 Å². The zero-order valence-corrected chi connectivity index (χ0v) is 9.24. The predicted molar refractivity (Wildman–Crippen MR) is 57.8 cm³/mol. The Labute approximate surface area is 94.2 Å². The van der Waals surface area contributed by atoms with Crippen molar-refractivity contribution in [2.45, 2.75) is 13.3 Å². The Morgan fingerprint density at radius 2 is 2.00 bits per heavy atom. The number of hydrogen-bond donors (Lipinski definition) is 0. The van der Waals surface area contributed by atoms with Crippen LogP contribution in [0, 0.1) is 5.82 Å². The number of hydrogen-bond acceptors (Lipinski definition) is 3. The van der Waals surface area contributed by atoms with Gasteiger partial charge in [-0.15, -0.1) is 0 Å². The maximum absolute atomic E-state index is 13.1. The summed E-state index contributed by atoms with van der Waals surface area (Å²) in [4.78, 5) is 11.4. The summed E-state index contributed by atoms with van der Waals surface area (Å²) >= 11 is 0. The molecule has 0 saturated carbocycles. The SMILES string of the molecule is CCCOCCOC(=O)c1ccccc1F. The maximum Gasteiger partial charge on any atom is 0.341 e. The highest BCUT2D eigenvalue weighted by Gasteiger charge is 2.11. The molecule has 0 atom stereocenters. The molecule has 1 aromatic rings. The second kappa shape index (κ2) is 6.95. The van der Waals surface area contributed by atoms with E-state index in [2.05, 4.69) is 0 Å². The first-order valence-electron chi connectivity index (χ1n) is 5.25. The standard InChI is InChI=1S/C12H15FO3/c1-2-7-15-8-9-16-12(14)10-5-3-4-6-11(10)13/h3-6H,2,7-9H2,1H3. The topological polar surface area (TPSA) is 35.5 Å². The molecule has 0 aliphatic rings. The molecule has 0 spiro atoms. The summed E-state index contributed by atoms with van der Waals surface area (Å²) in [6.45, 7) is 3.11. The third kappa shape index (κ3) is 3.98. The molecule has 0 radical (unpaired) electrons. The summed E-state index contributed by atoms with van der Waals surface area (Å²) in [7, 11) is 0. The molecule has 1 rings (SSSR count). The van der Waals surface area contributed by atoms with E-state index in [1.165, 1.54) is 18.2 Å². The van der Waals surface area contributed by atoms with E-state index in [4.69, 9.17) is 9.47 Å². The summed E-state index contributed by atoms with van der Waals surface area (Å²) in [6.07, 6.45) is 0.918. The van der Waals surface area contributed by atoms with Crippen LogP contribution in [0.4, 0.5) is 4.39 Å². The van der Waals surface area contributed by atoms with Crippen molar-refractivity contribution in [2.24, 2.45) is 0 Å². The average molecular weight is 226 g/mol. The van der Waals surface area contributed by atoms with E-state index in [1.807, 2.05) is 6.92 Å². The van der Waals surface area contributed by atoms with Crippen LogP contribution in [-0.4, -0.2) is 25.8 Å². The Kier molecular flexibility index (Phi) is 5.50. The molecule has 0 aliphatic carbocycles. The molecule has 0 aliphatic heterocycles. The van der Waals surface area contributed by atoms with E-state index < -0.39 is 11.8 Å². The number of benzene rings is 1. The second-order valence-electron chi connectivity index (χ2n) is 3.23. The van der Waals surface area contributed by atoms with Crippen molar-refractivity contribution >= 4 is 5.97 Å². The fourth-order valence-corrected chi connectivity index (χ4v) is 1.14. The minimum Gasteiger partial charge on any atom is -0.460 e. The van der Waals surface area contributed by atoms with Gasteiger partial charge in [-0.05, 0) is 18.6 Å². The number of halogens is 1. The van der Waals surface area contributed by atoms with Gasteiger partial charge in [-0.3, -0.25) is 0 Å². The lowest BCUT2D eigenvalue weighted by atomic mass is 10.2. The molecule has 0 bridgehead atoms. The number of carbonyl (C=O) groups is 1. The number of esters is 1. The lowest BCUT2D eigenvalue weighted by molar-refractivity contribution is 0.0314. The molecule has 0 amide bonds. The summed E-state index contributed by atoms with van der Waals surface area (Å²) in [6, 6.07) is 5.73. The minimum absolute atomic E-state index is 0.0435. The highest BCUT2D eigenvalue weighted by molar-refractivity contribution is 5.89. The zero-order valence-electron chi connectivity index (χ0n) is 9.24. The van der Waals surface area contributed by atoms with Crippen molar-refractivity contribution in [3.05, 3.63) is 35.6 Å². The third-order valence-corrected chi connectivity index (χ3v) is 1.90. The summed E-state index contributed by atoms with van der Waals surface area (Å²) in [5, 5.41) is 0. The van der Waals surface area contributed by atoms with E-state index in [9.17, 15) is 9.18 Å². The molecule has 1 aromatic carbocycles. The van der Waals surface area contributed by atoms with Gasteiger partial charge in [-0.2, -0.15) is 0 Å². The lowest BCUT2D eigenvalue weighted by Gasteiger charge is -2.05. The normalized spacial score (nSPS) is 10.1. The summed E-state index contributed by atoms with van der Waals surface area (Å²) < 4.78 is 23.1. The van der Waals surface area contributed by atoms with Crippen LogP contribution >= 0.6 is 0 Å². The van der Waals surface area contributed by atoms with E-state index >= 15 is 0 Å². The molecule has 3 nitrogen and oxygen atoms in total. The zero-order chi connectivity index (χ0) is 11.8. The van der Waals surface area contributed by atoms with Crippen LogP contribution in [0.25, 0.3) is 0 Å². The number of rotatable bonds is 6. The molecular weight excluding hydrogens is 211 g/mol. The van der Waals surface area contributed by atoms with Crippen molar-refractivity contribution in [2.75, 3.05) is 19.8 Å². The van der Waals surface area contributed by atoms with Crippen LogP contribution in [0.1, 0.15) is 23.7 Å². The van der Waals surface area contributed by atoms with Crippen LogP contribution in [0.2, 0.25) is 0 Å². The Balaban J connectivity index is 2.33. The van der Waals surface area contributed by atoms with Gasteiger partial charge in [0, 0.05) is 6.61 Å². The monoisotopic (exact) mass is 226 g/mol. The first-order chi connectivity index (χ1) is 7.75. The number of carbonyl (C=O) groups excluding carboxylic acids is 1. The van der Waals surface area contributed by atoms with Gasteiger partial charge in [0.25, 0.3) is 0 Å². The Hall–Kier alpha value is -1.42. The highest BCUT2D eigenvalue weighted by Crippen LogP contribution is 2.07. The van der Waals surface area contributed by atoms with Crippen LogP contribution in [-0.2, 0) is 9.47 Å². The van der Waals surface area contributed by atoms with Crippen molar-refractivity contribution in [1.29, 1.82) is 0 Å². The average Bonchev–Trinajstić information content (AvgIpc) is 2.29. The van der Waals surface area contributed by atoms with Crippen molar-refractivity contribution in [3.8, 4) is 0 Å². The summed E-state index contributed by atoms with van der Waals surface area (Å²) in [5.74, 6) is -1.22. The van der Waals surface area contributed by atoms with Crippen LogP contribution < -0.4 is 0 Å². The first-order valence-corrected chi connectivity index (χ1v) is 5.25. The van der Waals surface area contributed by atoms with Gasteiger partial charge in [-0.25, -0.2) is 9.18 Å². The molecule has 0 N–H and O–H groups in total. The van der Waals surface area contributed by atoms with Gasteiger partial charge in [0.1, 0.15) is 12.4 Å². The molecule has 88 valence electrons. The van der Waals surface area contributed by atoms with Gasteiger partial charge in [0.05, 0.1) is 12.2 Å². The molecule has 0 saturated heterocycles. The van der Waals surface area contributed by atoms with Crippen LogP contribution in [0.3, 0.4) is 0 Å². The Bertz CT molecular complexity index is 339. The smallest absolute Gasteiger partial charge is 0.341 e. The molecule has 0 fully saturated rings. The molecular formula is C12H15FO3. The Morgan fingerprint density at radius 1 is 1.25 bits per heavy atom. The molecule has 0 unspecified atom stereocenters. The van der Waals surface area contributed by atoms with E-state index in [0.29, 0.717) is 13.2 Å². The van der Waals surface area contributed by atoms with Crippen molar-refractivity contribution in [1.82, 2.24) is 0 Å². The maximum atomic E-state index is 13.1. The van der Waals surface area contributed by atoms with Crippen LogP contribution in [0.15, 0.2) is 24.3 Å². The first kappa shape index (κ1) is 12.6. The molecule has 0 heterocycles. The quantitative estimate of drug-likeness (QED) is 0.552. The molecule has 16 heavy (non-hydrogen) atoms. The third-order valence-electron chi connectivity index (χ3n) is 1.90. The van der Waals surface area contributed by atoms with Gasteiger partial charge in [0.15, 0.2) is 0 Å². The Morgan fingerprint density at radius 3 is 2.69 bits per heavy atom. The van der Waals surface area contributed by atoms with E-state index in [1.54, 1.807) is 6.07 Å². The van der Waals surface area contributed by atoms with Crippen LogP contribution in [0.5, 0.6) is 0 Å². The van der Waals surface area contributed by atoms with Gasteiger partial charge in [-0.1, -0.05) is 19.1 Å². The lowest BCUT2D eigenvalue weighted by Crippen LogP contribution is -2.12. The largest absolute Gasteiger partial charge is 0.460 e. The van der Waals surface area contributed by atoms with E-state index in [0.717, 1.165) is 6.42 Å². The fourth-order valence-electron chi connectivity index (χ4n) is 1.14. The number of ether oxygens (including phenoxy) is 2. The molecule has 0 aromatic heterocycles. The second-order valence-corrected chi connectivity index (χ2v) is 3.23. The van der Waals surface area contributed by atoms with Gasteiger partial charge >= 0.3 is 5.97 Å². The van der Waals surface area contributed by atoms with Crippen molar-refractivity contribution in [3.63, 3.8) is 0 Å². The molecule has 4 heteroatoms. The fraction of sp³-hybridized carbons (Fsp3) is 0.417. The highest BCUT2D eigenvalue weighted by atomic mass is 19.1.